The van der Waals surface area contributed by atoms with Crippen LogP contribution in [-0.2, 0) is 20.8 Å². The maximum absolute atomic E-state index is 12.7. The molecule has 1 aliphatic carbocycles. The minimum absolute atomic E-state index is 0.132. The highest BCUT2D eigenvalue weighted by atomic mass is 16.5. The Bertz CT molecular complexity index is 774. The summed E-state index contributed by atoms with van der Waals surface area (Å²) in [5.41, 5.74) is 1.51. The Hall–Kier alpha value is -2.57. The van der Waals surface area contributed by atoms with Crippen molar-refractivity contribution in [3.05, 3.63) is 29.3 Å². The number of piperidine rings is 1. The molecule has 3 aliphatic rings. The summed E-state index contributed by atoms with van der Waals surface area (Å²) in [7, 11) is 0. The first-order valence-electron chi connectivity index (χ1n) is 9.60. The van der Waals surface area contributed by atoms with Gasteiger partial charge in [0.15, 0.2) is 6.04 Å². The van der Waals surface area contributed by atoms with E-state index in [2.05, 4.69) is 5.32 Å². The van der Waals surface area contributed by atoms with Crippen LogP contribution in [0.25, 0.3) is 0 Å². The molecule has 1 aromatic carbocycles. The van der Waals surface area contributed by atoms with E-state index in [-0.39, 0.29) is 23.7 Å². The van der Waals surface area contributed by atoms with Gasteiger partial charge in [0.25, 0.3) is 0 Å². The largest absolute Gasteiger partial charge is 0.493 e. The number of aliphatic carboxylic acids is 1. The van der Waals surface area contributed by atoms with Crippen molar-refractivity contribution in [2.45, 2.75) is 38.1 Å². The van der Waals surface area contributed by atoms with Crippen molar-refractivity contribution in [1.29, 1.82) is 0 Å². The Morgan fingerprint density at radius 3 is 2.74 bits per heavy atom. The van der Waals surface area contributed by atoms with Gasteiger partial charge in [-0.25, -0.2) is 4.79 Å². The van der Waals surface area contributed by atoms with Gasteiger partial charge in [0.2, 0.25) is 11.8 Å². The normalized spacial score (nSPS) is 22.5. The maximum atomic E-state index is 12.7. The summed E-state index contributed by atoms with van der Waals surface area (Å²) in [5, 5.41) is 12.3. The lowest BCUT2D eigenvalue weighted by Gasteiger charge is -2.32. The average Bonchev–Trinajstić information content (AvgIpc) is 3.42. The van der Waals surface area contributed by atoms with E-state index in [1.165, 1.54) is 0 Å². The lowest BCUT2D eigenvalue weighted by atomic mass is 9.95. The zero-order valence-electron chi connectivity index (χ0n) is 15.1. The Morgan fingerprint density at radius 1 is 1.19 bits per heavy atom. The van der Waals surface area contributed by atoms with E-state index in [4.69, 9.17) is 4.74 Å². The number of nitrogens with one attached hydrogen (secondary N) is 1. The number of carbonyl (C=O) groups excluding carboxylic acids is 2. The molecule has 144 valence electrons. The van der Waals surface area contributed by atoms with Gasteiger partial charge in [0.05, 0.1) is 12.5 Å². The second-order valence-corrected chi connectivity index (χ2v) is 7.64. The van der Waals surface area contributed by atoms with E-state index < -0.39 is 12.0 Å². The predicted molar refractivity (Wildman–Crippen MR) is 96.2 cm³/mol. The summed E-state index contributed by atoms with van der Waals surface area (Å²) in [6, 6.07) is 4.15. The fourth-order valence-electron chi connectivity index (χ4n) is 3.91. The van der Waals surface area contributed by atoms with Crippen LogP contribution in [0, 0.1) is 11.8 Å². The van der Waals surface area contributed by atoms with Gasteiger partial charge in [-0.15, -0.1) is 0 Å². The number of likely N-dealkylation sites (tertiary alicyclic amines) is 1. The molecular formula is C20H24N2O5. The van der Waals surface area contributed by atoms with Gasteiger partial charge in [-0.05, 0) is 48.9 Å². The highest BCUT2D eigenvalue weighted by Gasteiger charge is 2.37. The highest BCUT2D eigenvalue weighted by Crippen LogP contribution is 2.33. The predicted octanol–water partition coefficient (Wildman–Crippen LogP) is 1.51. The monoisotopic (exact) mass is 372 g/mol. The van der Waals surface area contributed by atoms with Crippen LogP contribution in [0.5, 0.6) is 5.75 Å². The molecule has 7 heteroatoms. The fraction of sp³-hybridized carbons (Fsp3) is 0.550. The van der Waals surface area contributed by atoms with E-state index in [0.717, 1.165) is 37.0 Å². The second-order valence-electron chi connectivity index (χ2n) is 7.64. The molecule has 2 unspecified atom stereocenters. The van der Waals surface area contributed by atoms with Crippen molar-refractivity contribution in [3.63, 3.8) is 0 Å². The Labute approximate surface area is 157 Å². The summed E-state index contributed by atoms with van der Waals surface area (Å²) >= 11 is 0. The molecule has 0 radical (unpaired) electrons. The van der Waals surface area contributed by atoms with Crippen LogP contribution in [0.1, 0.15) is 42.9 Å². The SMILES string of the molecule is O=C(NC(C(=O)O)c1ccc2c(c1)CCO2)C1CCCN(C(=O)C2CC2)C1. The molecule has 2 heterocycles. The molecule has 1 aromatic rings. The van der Waals surface area contributed by atoms with Gasteiger partial charge in [0.1, 0.15) is 5.75 Å². The minimum atomic E-state index is -1.10. The van der Waals surface area contributed by atoms with Crippen LogP contribution in [0.3, 0.4) is 0 Å². The van der Waals surface area contributed by atoms with E-state index in [9.17, 15) is 19.5 Å². The lowest BCUT2D eigenvalue weighted by molar-refractivity contribution is -0.144. The molecule has 0 bridgehead atoms. The molecule has 1 saturated heterocycles. The molecule has 0 spiro atoms. The molecule has 0 aromatic heterocycles. The Balaban J connectivity index is 1.44. The summed E-state index contributed by atoms with van der Waals surface area (Å²) < 4.78 is 5.46. The molecule has 2 fully saturated rings. The Morgan fingerprint density at radius 2 is 2.00 bits per heavy atom. The number of fused-ring (bicyclic) bond motifs is 1. The molecule has 2 N–H and O–H groups in total. The second kappa shape index (κ2) is 7.21. The average molecular weight is 372 g/mol. The van der Waals surface area contributed by atoms with E-state index in [1.54, 1.807) is 23.1 Å². The van der Waals surface area contributed by atoms with Crippen molar-refractivity contribution in [1.82, 2.24) is 10.2 Å². The first kappa shape index (κ1) is 17.8. The Kier molecular flexibility index (Phi) is 4.76. The van der Waals surface area contributed by atoms with Crippen molar-refractivity contribution in [3.8, 4) is 5.75 Å². The number of rotatable bonds is 5. The molecule has 1 saturated carbocycles. The number of hydrogen-bond donors (Lipinski definition) is 2. The number of nitrogens with zero attached hydrogens (tertiary/aromatic N) is 1. The van der Waals surface area contributed by atoms with Gasteiger partial charge in [-0.3, -0.25) is 9.59 Å². The van der Waals surface area contributed by atoms with Crippen molar-refractivity contribution in [2.75, 3.05) is 19.7 Å². The zero-order chi connectivity index (χ0) is 19.0. The van der Waals surface area contributed by atoms with Crippen molar-refractivity contribution in [2.24, 2.45) is 11.8 Å². The van der Waals surface area contributed by atoms with Gasteiger partial charge >= 0.3 is 5.97 Å². The van der Waals surface area contributed by atoms with Crippen LogP contribution in [0.4, 0.5) is 0 Å². The fourth-order valence-corrected chi connectivity index (χ4v) is 3.91. The van der Waals surface area contributed by atoms with Crippen molar-refractivity contribution >= 4 is 17.8 Å². The van der Waals surface area contributed by atoms with E-state index in [0.29, 0.717) is 31.7 Å². The maximum Gasteiger partial charge on any atom is 0.330 e. The van der Waals surface area contributed by atoms with Crippen LogP contribution >= 0.6 is 0 Å². The third kappa shape index (κ3) is 3.77. The molecule has 2 amide bonds. The number of carbonyl (C=O) groups is 3. The first-order chi connectivity index (χ1) is 13.0. The van der Waals surface area contributed by atoms with E-state index >= 15 is 0 Å². The number of benzene rings is 1. The number of hydrogen-bond acceptors (Lipinski definition) is 4. The topological polar surface area (TPSA) is 95.9 Å². The van der Waals surface area contributed by atoms with Gasteiger partial charge in [0, 0.05) is 25.4 Å². The molecule has 7 nitrogen and oxygen atoms in total. The lowest BCUT2D eigenvalue weighted by Crippen LogP contribution is -2.47. The minimum Gasteiger partial charge on any atom is -0.493 e. The molecule has 27 heavy (non-hydrogen) atoms. The van der Waals surface area contributed by atoms with Gasteiger partial charge in [-0.2, -0.15) is 0 Å². The van der Waals surface area contributed by atoms with Crippen LogP contribution < -0.4 is 10.1 Å². The third-order valence-electron chi connectivity index (χ3n) is 5.61. The number of carboxylic acids is 1. The molecule has 2 atom stereocenters. The van der Waals surface area contributed by atoms with E-state index in [1.807, 2.05) is 0 Å². The van der Waals surface area contributed by atoms with Crippen LogP contribution in [-0.4, -0.2) is 47.5 Å². The molecule has 2 aliphatic heterocycles. The number of ether oxygens (including phenoxy) is 1. The standard InChI is InChI=1S/C20H24N2O5/c23-18(15-2-1-8-22(11-15)19(24)12-3-4-12)21-17(20(25)26)14-5-6-16-13(10-14)7-9-27-16/h5-6,10,12,15,17H,1-4,7-9,11H2,(H,21,23)(H,25,26). The quantitative estimate of drug-likeness (QED) is 0.817. The highest BCUT2D eigenvalue weighted by molar-refractivity contribution is 5.87. The molecular weight excluding hydrogens is 348 g/mol. The smallest absolute Gasteiger partial charge is 0.330 e. The summed E-state index contributed by atoms with van der Waals surface area (Å²) in [6.07, 6.45) is 4.06. The zero-order valence-corrected chi connectivity index (χ0v) is 15.1. The van der Waals surface area contributed by atoms with Crippen LogP contribution in [0.2, 0.25) is 0 Å². The number of amides is 2. The third-order valence-corrected chi connectivity index (χ3v) is 5.61. The summed E-state index contributed by atoms with van der Waals surface area (Å²) in [6.45, 7) is 1.66. The summed E-state index contributed by atoms with van der Waals surface area (Å²) in [4.78, 5) is 38.6. The molecule has 4 rings (SSSR count). The summed E-state index contributed by atoms with van der Waals surface area (Å²) in [5.74, 6) is -0.707. The van der Waals surface area contributed by atoms with Gasteiger partial charge in [-0.1, -0.05) is 6.07 Å². The van der Waals surface area contributed by atoms with Crippen molar-refractivity contribution < 1.29 is 24.2 Å². The first-order valence-corrected chi connectivity index (χ1v) is 9.60. The number of carboxylic acid groups (broad SMARTS) is 1. The van der Waals surface area contributed by atoms with Gasteiger partial charge < -0.3 is 20.1 Å². The van der Waals surface area contributed by atoms with Crippen LogP contribution in [0.15, 0.2) is 18.2 Å².